The minimum absolute atomic E-state index is 0.612. The van der Waals surface area contributed by atoms with Crippen molar-refractivity contribution in [1.82, 2.24) is 34.5 Å². The number of thiophene rings is 1. The monoisotopic (exact) mass is 813 g/mol. The van der Waals surface area contributed by atoms with Gasteiger partial charge in [-0.25, -0.2) is 29.9 Å². The first-order chi connectivity index (χ1) is 30.7. The molecule has 0 unspecified atom stereocenters. The summed E-state index contributed by atoms with van der Waals surface area (Å²) >= 11 is 1.75. The second kappa shape index (κ2) is 15.0. The first-order valence-electron chi connectivity index (χ1n) is 20.8. The van der Waals surface area contributed by atoms with Crippen LogP contribution in [0.1, 0.15) is 18.7 Å². The van der Waals surface area contributed by atoms with Crippen molar-refractivity contribution in [2.75, 3.05) is 0 Å². The number of fused-ring (bicyclic) bond motifs is 6. The summed E-state index contributed by atoms with van der Waals surface area (Å²) in [6.07, 6.45) is 8.51. The van der Waals surface area contributed by atoms with Crippen LogP contribution in [0.5, 0.6) is 0 Å². The van der Waals surface area contributed by atoms with Crippen LogP contribution >= 0.6 is 11.3 Å². The molecule has 11 aromatic rings. The van der Waals surface area contributed by atoms with Crippen LogP contribution in [-0.4, -0.2) is 34.5 Å². The van der Waals surface area contributed by atoms with Gasteiger partial charge >= 0.3 is 0 Å². The van der Waals surface area contributed by atoms with E-state index in [0.717, 1.165) is 93.9 Å². The molecule has 0 aliphatic heterocycles. The highest BCUT2D eigenvalue weighted by molar-refractivity contribution is 7.26. The summed E-state index contributed by atoms with van der Waals surface area (Å²) in [5, 5.41) is 4.48. The van der Waals surface area contributed by atoms with Crippen molar-refractivity contribution in [2.24, 2.45) is 0 Å². The minimum Gasteiger partial charge on any atom is -0.309 e. The molecule has 0 fully saturated rings. The standard InChI is InChI=1S/C54H35N7S/c1-5-17-34(18-6-1)49-55-50(35-19-7-2-8-20-35)59-54(58-49)42-27-16-30-45-48(42)40-32-31-37(33-46(40)62-45)52-56-51(36-21-9-3-10-22-36)57-53(60-52)41-26-15-29-44-47(41)39-25-13-14-28-43(39)61(44)38-23-11-4-12-24-38/h1,3-7,9-33H,2,8H2. The topological polar surface area (TPSA) is 82.3 Å². The summed E-state index contributed by atoms with van der Waals surface area (Å²) in [6.45, 7) is 0. The van der Waals surface area contributed by atoms with E-state index in [1.165, 1.54) is 0 Å². The van der Waals surface area contributed by atoms with Crippen LogP contribution in [0.4, 0.5) is 0 Å². The molecule has 0 bridgehead atoms. The van der Waals surface area contributed by atoms with E-state index in [1.54, 1.807) is 11.3 Å². The third-order valence-corrected chi connectivity index (χ3v) is 12.7. The molecular formula is C54H35N7S. The number of hydrogen-bond donors (Lipinski definition) is 0. The lowest BCUT2D eigenvalue weighted by Gasteiger charge is -2.11. The number of nitrogens with zero attached hydrogens (tertiary/aromatic N) is 7. The molecular weight excluding hydrogens is 779 g/mol. The van der Waals surface area contributed by atoms with Crippen molar-refractivity contribution in [3.05, 3.63) is 194 Å². The SMILES string of the molecule is C1=CC(c2nc(-c3ccccc3)nc(-c3cccc4sc5cc(-c6nc(-c7ccccc7)nc(-c7cccc8c7c7ccccc7n8-c7ccccc7)n6)ccc5c34)n2)=CCC1. The maximum atomic E-state index is 5.29. The molecule has 12 rings (SSSR count). The van der Waals surface area contributed by atoms with E-state index in [1.807, 2.05) is 36.4 Å². The van der Waals surface area contributed by atoms with Crippen molar-refractivity contribution in [3.8, 4) is 62.6 Å². The predicted molar refractivity (Wildman–Crippen MR) is 254 cm³/mol. The molecule has 0 spiro atoms. The molecule has 1 aliphatic rings. The van der Waals surface area contributed by atoms with Crippen LogP contribution in [-0.2, 0) is 0 Å². The summed E-state index contributed by atoms with van der Waals surface area (Å²) < 4.78 is 4.59. The smallest absolute Gasteiger partial charge is 0.164 e. The molecule has 0 saturated heterocycles. The first kappa shape index (κ1) is 36.0. The Balaban J connectivity index is 1.03. The molecule has 0 amide bonds. The number of aromatic nitrogens is 7. The Bertz CT molecular complexity index is 3570. The van der Waals surface area contributed by atoms with Crippen LogP contribution in [0.25, 0.3) is 110 Å². The normalized spacial score (nSPS) is 12.7. The molecule has 7 nitrogen and oxygen atoms in total. The average molecular weight is 814 g/mol. The van der Waals surface area contributed by atoms with E-state index in [0.29, 0.717) is 34.9 Å². The third-order valence-electron chi connectivity index (χ3n) is 11.5. The molecule has 0 atom stereocenters. The van der Waals surface area contributed by atoms with Crippen molar-refractivity contribution >= 4 is 58.9 Å². The number of rotatable bonds is 7. The highest BCUT2D eigenvalue weighted by Gasteiger charge is 2.21. The van der Waals surface area contributed by atoms with Gasteiger partial charge in [-0.05, 0) is 49.2 Å². The molecule has 4 aromatic heterocycles. The molecule has 1 aliphatic carbocycles. The second-order valence-electron chi connectivity index (χ2n) is 15.4. The van der Waals surface area contributed by atoms with Gasteiger partial charge in [0.25, 0.3) is 0 Å². The average Bonchev–Trinajstić information content (AvgIpc) is 3.90. The summed E-state index contributed by atoms with van der Waals surface area (Å²) in [4.78, 5) is 30.8. The molecule has 7 aromatic carbocycles. The zero-order valence-electron chi connectivity index (χ0n) is 33.4. The Morgan fingerprint density at radius 1 is 0.403 bits per heavy atom. The summed E-state index contributed by atoms with van der Waals surface area (Å²) in [5.74, 6) is 3.85. The van der Waals surface area contributed by atoms with E-state index in [-0.39, 0.29) is 0 Å². The minimum atomic E-state index is 0.612. The lowest BCUT2D eigenvalue weighted by molar-refractivity contribution is 1.01. The zero-order chi connectivity index (χ0) is 41.0. The summed E-state index contributed by atoms with van der Waals surface area (Å²) in [6, 6.07) is 58.7. The van der Waals surface area contributed by atoms with Crippen molar-refractivity contribution in [2.45, 2.75) is 12.8 Å². The van der Waals surface area contributed by atoms with E-state index in [9.17, 15) is 0 Å². The fraction of sp³-hybridized carbons (Fsp3) is 0.0370. The fourth-order valence-corrected chi connectivity index (χ4v) is 9.85. The maximum Gasteiger partial charge on any atom is 0.164 e. The predicted octanol–water partition coefficient (Wildman–Crippen LogP) is 13.6. The zero-order valence-corrected chi connectivity index (χ0v) is 34.2. The van der Waals surface area contributed by atoms with Crippen LogP contribution in [0.3, 0.4) is 0 Å². The number of hydrogen-bond acceptors (Lipinski definition) is 7. The number of allylic oxidation sites excluding steroid dienone is 4. The van der Waals surface area contributed by atoms with Crippen LogP contribution < -0.4 is 0 Å². The summed E-state index contributed by atoms with van der Waals surface area (Å²) in [5.41, 5.74) is 9.05. The highest BCUT2D eigenvalue weighted by atomic mass is 32.1. The van der Waals surface area contributed by atoms with Crippen LogP contribution in [0, 0.1) is 0 Å². The lowest BCUT2D eigenvalue weighted by Crippen LogP contribution is -2.03. The Morgan fingerprint density at radius 3 is 1.69 bits per heavy atom. The van der Waals surface area contributed by atoms with E-state index >= 15 is 0 Å². The fourth-order valence-electron chi connectivity index (χ4n) is 8.67. The Kier molecular flexibility index (Phi) is 8.67. The van der Waals surface area contributed by atoms with Gasteiger partial charge in [-0.3, -0.25) is 0 Å². The number of benzene rings is 7. The first-order valence-corrected chi connectivity index (χ1v) is 21.6. The van der Waals surface area contributed by atoms with Crippen molar-refractivity contribution in [3.63, 3.8) is 0 Å². The van der Waals surface area contributed by atoms with Crippen molar-refractivity contribution < 1.29 is 0 Å². The van der Waals surface area contributed by atoms with E-state index in [2.05, 4.69) is 156 Å². The van der Waals surface area contributed by atoms with Gasteiger partial charge in [0.15, 0.2) is 34.9 Å². The number of para-hydroxylation sites is 2. The van der Waals surface area contributed by atoms with Crippen LogP contribution in [0.15, 0.2) is 188 Å². The molecule has 8 heteroatoms. The molecule has 0 radical (unpaired) electrons. The molecule has 292 valence electrons. The van der Waals surface area contributed by atoms with Gasteiger partial charge in [-0.15, -0.1) is 11.3 Å². The van der Waals surface area contributed by atoms with Crippen molar-refractivity contribution in [1.29, 1.82) is 0 Å². The molecule has 0 saturated carbocycles. The second-order valence-corrected chi connectivity index (χ2v) is 16.4. The van der Waals surface area contributed by atoms with E-state index < -0.39 is 0 Å². The maximum absolute atomic E-state index is 5.29. The lowest BCUT2D eigenvalue weighted by atomic mass is 10.0. The van der Waals surface area contributed by atoms with Gasteiger partial charge in [-0.2, -0.15) is 0 Å². The highest BCUT2D eigenvalue weighted by Crippen LogP contribution is 2.42. The van der Waals surface area contributed by atoms with E-state index in [4.69, 9.17) is 29.9 Å². The Hall–Kier alpha value is -7.94. The van der Waals surface area contributed by atoms with Gasteiger partial charge < -0.3 is 4.57 Å². The summed E-state index contributed by atoms with van der Waals surface area (Å²) in [7, 11) is 0. The Labute approximate surface area is 361 Å². The largest absolute Gasteiger partial charge is 0.309 e. The Morgan fingerprint density at radius 2 is 0.984 bits per heavy atom. The van der Waals surface area contributed by atoms with Gasteiger partial charge in [0.1, 0.15) is 0 Å². The van der Waals surface area contributed by atoms with Gasteiger partial charge in [0.05, 0.1) is 11.0 Å². The third kappa shape index (κ3) is 6.19. The van der Waals surface area contributed by atoms with Gasteiger partial charge in [0.2, 0.25) is 0 Å². The molecule has 4 heterocycles. The van der Waals surface area contributed by atoms with Gasteiger partial charge in [0, 0.05) is 70.0 Å². The molecule has 0 N–H and O–H groups in total. The quantitative estimate of drug-likeness (QED) is 0.159. The van der Waals surface area contributed by atoms with Crippen LogP contribution in [0.2, 0.25) is 0 Å². The molecule has 62 heavy (non-hydrogen) atoms. The van der Waals surface area contributed by atoms with Gasteiger partial charge in [-0.1, -0.05) is 152 Å².